The van der Waals surface area contributed by atoms with E-state index in [0.717, 1.165) is 43.8 Å². The first-order chi connectivity index (χ1) is 26.7. The third-order valence-electron chi connectivity index (χ3n) is 8.59. The molecule has 0 aliphatic heterocycles. The van der Waals surface area contributed by atoms with E-state index in [0.29, 0.717) is 28.6 Å². The molecule has 0 fully saturated rings. The van der Waals surface area contributed by atoms with Gasteiger partial charge >= 0.3 is 0 Å². The van der Waals surface area contributed by atoms with E-state index in [4.69, 9.17) is 24.5 Å². The first-order valence-corrected chi connectivity index (χ1v) is 15.6. The summed E-state index contributed by atoms with van der Waals surface area (Å²) in [6, 6.07) is 41.0. The molecule has 0 aliphatic carbocycles. The number of hydrogen-bond donors (Lipinski definition) is 0. The second kappa shape index (κ2) is 11.7. The molecule has 0 N–H and O–H groups in total. The molecule has 0 amide bonds. The minimum Gasteiger partial charge on any atom is -0.208 e. The van der Waals surface area contributed by atoms with Crippen molar-refractivity contribution >= 4 is 32.3 Å². The van der Waals surface area contributed by atoms with Gasteiger partial charge in [-0.1, -0.05) is 158 Å². The molecule has 48 heavy (non-hydrogen) atoms. The van der Waals surface area contributed by atoms with Crippen LogP contribution >= 0.6 is 0 Å². The van der Waals surface area contributed by atoms with Gasteiger partial charge in [0.1, 0.15) is 0 Å². The molecule has 8 aromatic carbocycles. The summed E-state index contributed by atoms with van der Waals surface area (Å²) < 4.78 is 60.0. The van der Waals surface area contributed by atoms with Crippen molar-refractivity contribution in [2.45, 2.75) is 0 Å². The van der Waals surface area contributed by atoms with Crippen LogP contribution in [0.3, 0.4) is 0 Å². The Morgan fingerprint density at radius 1 is 0.333 bits per heavy atom. The van der Waals surface area contributed by atoms with Crippen LogP contribution in [0.1, 0.15) is 9.60 Å². The summed E-state index contributed by atoms with van der Waals surface area (Å²) in [5, 5.41) is 4.04. The van der Waals surface area contributed by atoms with Crippen LogP contribution in [0.15, 0.2) is 176 Å². The second-order valence-corrected chi connectivity index (χ2v) is 11.6. The van der Waals surface area contributed by atoms with E-state index in [1.54, 1.807) is 18.2 Å². The Hall–Kier alpha value is -6.45. The summed E-state index contributed by atoms with van der Waals surface area (Å²) in [6.45, 7) is 0. The van der Waals surface area contributed by atoms with Gasteiger partial charge in [-0.05, 0) is 72.8 Å². The standard InChI is InChI=1S/C45H29N3/c1-2-11-30(12-3-1)33-23-24-35-28-38(26-25-34(35)27-33)44-46-43(47-45(48-44)42-22-10-16-32-14-5-7-20-40(32)42)37-18-8-17-36(29-37)41-21-9-15-31-13-4-6-19-39(31)41/h1-29H/i4D,6D,9D,13D,15D,19D,21D. The molecule has 3 heteroatoms. The fraction of sp³-hybridized carbons (Fsp3) is 0. The number of hydrogen-bond acceptors (Lipinski definition) is 3. The Labute approximate surface area is 288 Å². The lowest BCUT2D eigenvalue weighted by molar-refractivity contribution is 1.08. The fourth-order valence-electron chi connectivity index (χ4n) is 6.21. The predicted molar refractivity (Wildman–Crippen MR) is 200 cm³/mol. The molecule has 3 nitrogen and oxygen atoms in total. The molecular formula is C45H29N3. The van der Waals surface area contributed by atoms with Crippen molar-refractivity contribution in [1.82, 2.24) is 15.0 Å². The van der Waals surface area contributed by atoms with E-state index in [2.05, 4.69) is 42.5 Å². The topological polar surface area (TPSA) is 38.7 Å². The zero-order chi connectivity index (χ0) is 38.0. The molecule has 1 heterocycles. The first-order valence-electron chi connectivity index (χ1n) is 19.1. The molecule has 0 aliphatic rings. The lowest BCUT2D eigenvalue weighted by atomic mass is 9.97. The van der Waals surface area contributed by atoms with Gasteiger partial charge < -0.3 is 0 Å². The van der Waals surface area contributed by atoms with Gasteiger partial charge in [0.25, 0.3) is 0 Å². The Kier molecular flexibility index (Phi) is 5.22. The molecule has 0 bridgehead atoms. The fourth-order valence-corrected chi connectivity index (χ4v) is 6.21. The van der Waals surface area contributed by atoms with Crippen LogP contribution < -0.4 is 0 Å². The summed E-state index contributed by atoms with van der Waals surface area (Å²) in [6.07, 6.45) is 0. The van der Waals surface area contributed by atoms with Crippen LogP contribution in [0.4, 0.5) is 0 Å². The summed E-state index contributed by atoms with van der Waals surface area (Å²) in [5.74, 6) is 1.28. The Morgan fingerprint density at radius 3 is 1.83 bits per heavy atom. The Balaban J connectivity index is 1.25. The van der Waals surface area contributed by atoms with Crippen LogP contribution in [-0.2, 0) is 0 Å². The van der Waals surface area contributed by atoms with Gasteiger partial charge in [-0.15, -0.1) is 0 Å². The van der Waals surface area contributed by atoms with Crippen molar-refractivity contribution in [1.29, 1.82) is 0 Å². The minimum atomic E-state index is -0.494. The number of benzene rings is 8. The molecule has 0 saturated carbocycles. The summed E-state index contributed by atoms with van der Waals surface area (Å²) in [4.78, 5) is 15.0. The summed E-state index contributed by atoms with van der Waals surface area (Å²) >= 11 is 0. The van der Waals surface area contributed by atoms with E-state index >= 15 is 0 Å². The lowest BCUT2D eigenvalue weighted by Gasteiger charge is -2.12. The smallest absolute Gasteiger partial charge is 0.164 e. The molecule has 0 saturated heterocycles. The molecule has 224 valence electrons. The van der Waals surface area contributed by atoms with Crippen LogP contribution in [0.2, 0.25) is 0 Å². The Morgan fingerprint density at radius 2 is 0.958 bits per heavy atom. The molecule has 1 aromatic heterocycles. The number of aromatic nitrogens is 3. The largest absolute Gasteiger partial charge is 0.208 e. The molecule has 9 rings (SSSR count). The van der Waals surface area contributed by atoms with Crippen LogP contribution in [0.25, 0.3) is 88.7 Å². The highest BCUT2D eigenvalue weighted by atomic mass is 15.0. The van der Waals surface area contributed by atoms with E-state index in [1.165, 1.54) is 0 Å². The van der Waals surface area contributed by atoms with Gasteiger partial charge in [0.15, 0.2) is 17.5 Å². The third-order valence-corrected chi connectivity index (χ3v) is 8.59. The Bertz CT molecular complexity index is 3010. The van der Waals surface area contributed by atoms with E-state index in [1.807, 2.05) is 72.8 Å². The highest BCUT2D eigenvalue weighted by Gasteiger charge is 2.16. The normalized spacial score (nSPS) is 13.4. The predicted octanol–water partition coefficient (Wildman–Crippen LogP) is 11.7. The molecular weight excluding hydrogens is 583 g/mol. The lowest BCUT2D eigenvalue weighted by Crippen LogP contribution is -2.00. The molecule has 0 unspecified atom stereocenters. The summed E-state index contributed by atoms with van der Waals surface area (Å²) in [7, 11) is 0. The zero-order valence-electron chi connectivity index (χ0n) is 32.5. The van der Waals surface area contributed by atoms with E-state index in [-0.39, 0.29) is 28.4 Å². The maximum Gasteiger partial charge on any atom is 0.164 e. The van der Waals surface area contributed by atoms with Gasteiger partial charge in [0.05, 0.1) is 9.60 Å². The number of rotatable bonds is 5. The molecule has 9 aromatic rings. The number of fused-ring (bicyclic) bond motifs is 3. The monoisotopic (exact) mass is 618 g/mol. The quantitative estimate of drug-likeness (QED) is 0.193. The average molecular weight is 619 g/mol. The molecule has 0 spiro atoms. The minimum absolute atomic E-state index is 0.0218. The number of nitrogens with zero attached hydrogens (tertiary/aromatic N) is 3. The maximum absolute atomic E-state index is 8.92. The summed E-state index contributed by atoms with van der Waals surface area (Å²) in [5.41, 5.74) is 5.02. The second-order valence-electron chi connectivity index (χ2n) is 11.6. The average Bonchev–Trinajstić information content (AvgIpc) is 3.23. The van der Waals surface area contributed by atoms with Crippen LogP contribution in [-0.4, -0.2) is 15.0 Å². The van der Waals surface area contributed by atoms with Crippen molar-refractivity contribution in [2.75, 3.05) is 0 Å². The van der Waals surface area contributed by atoms with Gasteiger partial charge in [0, 0.05) is 16.7 Å². The maximum atomic E-state index is 8.92. The third kappa shape index (κ3) is 5.08. The van der Waals surface area contributed by atoms with Crippen molar-refractivity contribution in [2.24, 2.45) is 0 Å². The van der Waals surface area contributed by atoms with Crippen LogP contribution in [0, 0.1) is 0 Å². The van der Waals surface area contributed by atoms with Crippen molar-refractivity contribution in [3.63, 3.8) is 0 Å². The van der Waals surface area contributed by atoms with Gasteiger partial charge in [-0.25, -0.2) is 15.0 Å². The van der Waals surface area contributed by atoms with Gasteiger partial charge in [0.2, 0.25) is 0 Å². The van der Waals surface area contributed by atoms with E-state index < -0.39 is 30.2 Å². The van der Waals surface area contributed by atoms with E-state index in [9.17, 15) is 0 Å². The highest BCUT2D eigenvalue weighted by molar-refractivity contribution is 5.98. The highest BCUT2D eigenvalue weighted by Crippen LogP contribution is 2.34. The van der Waals surface area contributed by atoms with Gasteiger partial charge in [-0.3, -0.25) is 0 Å². The van der Waals surface area contributed by atoms with Gasteiger partial charge in [-0.2, -0.15) is 0 Å². The molecule has 0 atom stereocenters. The van der Waals surface area contributed by atoms with Crippen molar-refractivity contribution < 1.29 is 9.60 Å². The first kappa shape index (κ1) is 21.4. The van der Waals surface area contributed by atoms with Crippen molar-refractivity contribution in [3.8, 4) is 56.4 Å². The molecule has 0 radical (unpaired) electrons. The SMILES string of the molecule is [2H]c1c([2H])c([2H])c2c(-c3cccc(-c4nc(-c5ccc6cc(-c7ccccc7)ccc6c5)nc(-c5cccc6ccccc56)n4)c3)c([2H])c([2H])c([2H])c2c1[2H]. The van der Waals surface area contributed by atoms with Crippen molar-refractivity contribution in [3.05, 3.63) is 176 Å². The zero-order valence-corrected chi connectivity index (χ0v) is 25.5. The van der Waals surface area contributed by atoms with Crippen LogP contribution in [0.5, 0.6) is 0 Å².